The van der Waals surface area contributed by atoms with Gasteiger partial charge in [-0.2, -0.15) is 9.98 Å². The Morgan fingerprint density at radius 1 is 1.40 bits per heavy atom. The van der Waals surface area contributed by atoms with Crippen LogP contribution < -0.4 is 10.0 Å². The van der Waals surface area contributed by atoms with Crippen molar-refractivity contribution < 1.29 is 18.3 Å². The lowest BCUT2D eigenvalue weighted by molar-refractivity contribution is -0.138. The molecule has 1 aromatic carbocycles. The molecule has 1 rings (SSSR count). The Kier molecular flexibility index (Phi) is 5.64. The molecule has 7 nitrogen and oxygen atoms in total. The van der Waals surface area contributed by atoms with E-state index in [1.807, 2.05) is 6.92 Å². The smallest absolute Gasteiger partial charge is 0.323 e. The van der Waals surface area contributed by atoms with Crippen LogP contribution in [0.4, 0.5) is 0 Å². The van der Waals surface area contributed by atoms with Crippen molar-refractivity contribution in [3.63, 3.8) is 0 Å². The molecule has 108 valence electrons. The van der Waals surface area contributed by atoms with Crippen molar-refractivity contribution in [1.82, 2.24) is 10.0 Å². The maximum Gasteiger partial charge on any atom is 0.323 e. The Balaban J connectivity index is 2.83. The summed E-state index contributed by atoms with van der Waals surface area (Å²) in [5.74, 6) is -1.31. The fraction of sp³-hybridized carbons (Fsp3) is 0.333. The molecule has 8 heteroatoms. The van der Waals surface area contributed by atoms with E-state index >= 15 is 0 Å². The predicted molar refractivity (Wildman–Crippen MR) is 71.4 cm³/mol. The van der Waals surface area contributed by atoms with Crippen LogP contribution in [0.2, 0.25) is 0 Å². The molecule has 0 aliphatic heterocycles. The van der Waals surface area contributed by atoms with Crippen LogP contribution in [0.15, 0.2) is 29.2 Å². The van der Waals surface area contributed by atoms with E-state index in [1.54, 1.807) is 18.2 Å². The number of aryl methyl sites for hydroxylation is 1. The summed E-state index contributed by atoms with van der Waals surface area (Å²) in [6.45, 7) is 1.58. The van der Waals surface area contributed by atoms with Gasteiger partial charge < -0.3 is 10.4 Å². The molecule has 0 radical (unpaired) electrons. The second kappa shape index (κ2) is 7.00. The van der Waals surface area contributed by atoms with Gasteiger partial charge in [-0.05, 0) is 19.1 Å². The van der Waals surface area contributed by atoms with Crippen LogP contribution in [0.1, 0.15) is 5.56 Å². The lowest BCUT2D eigenvalue weighted by atomic mass is 10.2. The molecule has 0 aliphatic carbocycles. The third kappa shape index (κ3) is 4.62. The predicted octanol–water partition coefficient (Wildman–Crippen LogP) is -0.160. The van der Waals surface area contributed by atoms with E-state index < -0.39 is 22.0 Å². The van der Waals surface area contributed by atoms with Gasteiger partial charge in [0.05, 0.1) is 17.5 Å². The number of carboxylic acids is 1. The minimum atomic E-state index is -3.91. The highest BCUT2D eigenvalue weighted by atomic mass is 32.2. The first-order valence-electron chi connectivity index (χ1n) is 5.76. The molecule has 0 amide bonds. The highest BCUT2D eigenvalue weighted by Gasteiger charge is 2.24. The fourth-order valence-corrected chi connectivity index (χ4v) is 2.61. The molecule has 3 N–H and O–H groups in total. The van der Waals surface area contributed by atoms with Gasteiger partial charge in [-0.15, -0.1) is 0 Å². The molecule has 20 heavy (non-hydrogen) atoms. The lowest BCUT2D eigenvalue weighted by Gasteiger charge is -2.14. The van der Waals surface area contributed by atoms with Gasteiger partial charge in [0.2, 0.25) is 10.0 Å². The minimum absolute atomic E-state index is 0.00497. The van der Waals surface area contributed by atoms with Gasteiger partial charge in [0.1, 0.15) is 6.04 Å². The van der Waals surface area contributed by atoms with E-state index in [0.717, 1.165) is 5.56 Å². The molecule has 0 saturated heterocycles. The Bertz CT molecular complexity index is 605. The molecule has 1 atom stereocenters. The quantitative estimate of drug-likeness (QED) is 0.475. The minimum Gasteiger partial charge on any atom is -0.480 e. The monoisotopic (exact) mass is 297 g/mol. The largest absolute Gasteiger partial charge is 0.480 e. The van der Waals surface area contributed by atoms with Crippen LogP contribution >= 0.6 is 0 Å². The third-order valence-corrected chi connectivity index (χ3v) is 3.97. The topological polar surface area (TPSA) is 119 Å². The zero-order valence-corrected chi connectivity index (χ0v) is 11.6. The van der Waals surface area contributed by atoms with Gasteiger partial charge in [0, 0.05) is 6.54 Å². The molecule has 0 fully saturated rings. The van der Waals surface area contributed by atoms with E-state index in [-0.39, 0.29) is 18.0 Å². The summed E-state index contributed by atoms with van der Waals surface area (Å²) >= 11 is 0. The average molecular weight is 297 g/mol. The fourth-order valence-electron chi connectivity index (χ4n) is 1.42. The average Bonchev–Trinajstić information content (AvgIpc) is 2.38. The van der Waals surface area contributed by atoms with Gasteiger partial charge in [-0.25, -0.2) is 8.42 Å². The number of hydrogen-bond acceptors (Lipinski definition) is 5. The molecule has 0 spiro atoms. The van der Waals surface area contributed by atoms with Crippen LogP contribution in [-0.2, 0) is 14.8 Å². The maximum atomic E-state index is 12.0. The van der Waals surface area contributed by atoms with Crippen LogP contribution in [0.25, 0.3) is 0 Å². The standard InChI is InChI=1S/C12H15N3O4S/c1-9-2-4-10(5-3-9)20(18,19)15-11(12(16)17)8-14-7-6-13/h2-5,11,14-15H,7-8H2,1H3,(H,16,17)/t11-/m0/s1. The number of carbonyl (C=O) groups is 1. The van der Waals surface area contributed by atoms with Crippen molar-refractivity contribution >= 4 is 16.0 Å². The highest BCUT2D eigenvalue weighted by Crippen LogP contribution is 2.10. The summed E-state index contributed by atoms with van der Waals surface area (Å²) in [4.78, 5) is 11.0. The second-order valence-corrected chi connectivity index (χ2v) is 5.83. The van der Waals surface area contributed by atoms with E-state index in [2.05, 4.69) is 10.0 Å². The zero-order valence-electron chi connectivity index (χ0n) is 10.8. The highest BCUT2D eigenvalue weighted by molar-refractivity contribution is 7.89. The lowest BCUT2D eigenvalue weighted by Crippen LogP contribution is -2.47. The third-order valence-electron chi connectivity index (χ3n) is 2.48. The van der Waals surface area contributed by atoms with Crippen LogP contribution in [-0.4, -0.2) is 38.6 Å². The number of carboxylic acid groups (broad SMARTS) is 1. The molecule has 0 unspecified atom stereocenters. The molecule has 0 aromatic heterocycles. The number of hydrogen-bond donors (Lipinski definition) is 3. The number of aliphatic carboxylic acids is 1. The Hall–Kier alpha value is -1.95. The molecule has 0 bridgehead atoms. The van der Waals surface area contributed by atoms with Gasteiger partial charge in [0.15, 0.2) is 0 Å². The van der Waals surface area contributed by atoms with Crippen LogP contribution in [0.3, 0.4) is 0 Å². The van der Waals surface area contributed by atoms with Crippen LogP contribution in [0, 0.1) is 18.3 Å². The first-order chi connectivity index (χ1) is 9.36. The number of nitrogens with one attached hydrogen (secondary N) is 2. The van der Waals surface area contributed by atoms with Gasteiger partial charge in [-0.1, -0.05) is 17.7 Å². The summed E-state index contributed by atoms with van der Waals surface area (Å²) in [6.07, 6.45) is 0. The van der Waals surface area contributed by atoms with Gasteiger partial charge in [-0.3, -0.25) is 4.79 Å². The first kappa shape index (κ1) is 16.1. The van der Waals surface area contributed by atoms with E-state index in [4.69, 9.17) is 10.4 Å². The summed E-state index contributed by atoms with van der Waals surface area (Å²) < 4.78 is 26.1. The first-order valence-corrected chi connectivity index (χ1v) is 7.24. The molecule has 1 aromatic rings. The Morgan fingerprint density at radius 3 is 2.50 bits per heavy atom. The van der Waals surface area contributed by atoms with E-state index in [9.17, 15) is 13.2 Å². The van der Waals surface area contributed by atoms with E-state index in [1.165, 1.54) is 12.1 Å². The zero-order chi connectivity index (χ0) is 15.2. The van der Waals surface area contributed by atoms with Gasteiger partial charge >= 0.3 is 5.97 Å². The van der Waals surface area contributed by atoms with Crippen molar-refractivity contribution in [1.29, 1.82) is 5.26 Å². The number of rotatable bonds is 7. The summed E-state index contributed by atoms with van der Waals surface area (Å²) in [7, 11) is -3.91. The molecule has 0 saturated carbocycles. The summed E-state index contributed by atoms with van der Waals surface area (Å²) in [6, 6.07) is 6.49. The summed E-state index contributed by atoms with van der Waals surface area (Å²) in [5.41, 5.74) is 0.898. The van der Waals surface area contributed by atoms with Crippen molar-refractivity contribution in [2.45, 2.75) is 17.9 Å². The molecule has 0 aliphatic rings. The number of benzene rings is 1. The van der Waals surface area contributed by atoms with Crippen molar-refractivity contribution in [3.8, 4) is 6.07 Å². The second-order valence-electron chi connectivity index (χ2n) is 4.11. The number of sulfonamides is 1. The maximum absolute atomic E-state index is 12.0. The van der Waals surface area contributed by atoms with Crippen molar-refractivity contribution in [3.05, 3.63) is 29.8 Å². The number of nitriles is 1. The Morgan fingerprint density at radius 2 is 2.00 bits per heavy atom. The SMILES string of the molecule is Cc1ccc(S(=O)(=O)N[C@@H](CNCC#N)C(=O)O)cc1. The van der Waals surface area contributed by atoms with Crippen molar-refractivity contribution in [2.24, 2.45) is 0 Å². The molecule has 0 heterocycles. The molecular formula is C12H15N3O4S. The normalized spacial score (nSPS) is 12.6. The van der Waals surface area contributed by atoms with Gasteiger partial charge in [0.25, 0.3) is 0 Å². The molecular weight excluding hydrogens is 282 g/mol. The van der Waals surface area contributed by atoms with E-state index in [0.29, 0.717) is 0 Å². The Labute approximate surface area is 117 Å². The van der Waals surface area contributed by atoms with Crippen molar-refractivity contribution in [2.75, 3.05) is 13.1 Å². The number of nitrogens with zero attached hydrogens (tertiary/aromatic N) is 1. The van der Waals surface area contributed by atoms with Crippen LogP contribution in [0.5, 0.6) is 0 Å². The summed E-state index contributed by atoms with van der Waals surface area (Å²) in [5, 5.41) is 19.9.